The van der Waals surface area contributed by atoms with Crippen molar-refractivity contribution in [3.05, 3.63) is 95.4 Å². The molecule has 0 aliphatic carbocycles. The van der Waals surface area contributed by atoms with E-state index >= 15 is 0 Å². The van der Waals surface area contributed by atoms with E-state index in [0.29, 0.717) is 0 Å². The Hall–Kier alpha value is -3.61. The van der Waals surface area contributed by atoms with E-state index in [4.69, 9.17) is 0 Å². The van der Waals surface area contributed by atoms with Crippen molar-refractivity contribution in [1.29, 1.82) is 0 Å². The van der Waals surface area contributed by atoms with E-state index in [-0.39, 0.29) is 12.2 Å². The van der Waals surface area contributed by atoms with Gasteiger partial charge in [0.05, 0.1) is 6.20 Å². The van der Waals surface area contributed by atoms with Crippen LogP contribution in [0.3, 0.4) is 0 Å². The fourth-order valence-electron chi connectivity index (χ4n) is 3.34. The number of carbonyl (C=O) groups excluding carboxylic acids is 1. The van der Waals surface area contributed by atoms with Gasteiger partial charge in [-0.05, 0) is 35.2 Å². The summed E-state index contributed by atoms with van der Waals surface area (Å²) in [7, 11) is 0. The van der Waals surface area contributed by atoms with Gasteiger partial charge in [0.15, 0.2) is 0 Å². The van der Waals surface area contributed by atoms with Crippen molar-refractivity contribution in [2.24, 2.45) is 0 Å². The number of alkyl halides is 3. The molecule has 0 spiro atoms. The van der Waals surface area contributed by atoms with Crippen molar-refractivity contribution in [3.8, 4) is 11.1 Å². The summed E-state index contributed by atoms with van der Waals surface area (Å²) < 4.78 is 41.7. The molecule has 2 aromatic heterocycles. The normalized spacial score (nSPS) is 11.6. The van der Waals surface area contributed by atoms with Gasteiger partial charge in [0, 0.05) is 12.6 Å². The molecule has 152 valence electrons. The first kappa shape index (κ1) is 19.7. The molecule has 0 unspecified atom stereocenters. The summed E-state index contributed by atoms with van der Waals surface area (Å²) in [5, 5.41) is 2.60. The molecule has 0 saturated heterocycles. The monoisotopic (exact) mass is 410 g/mol. The zero-order chi connectivity index (χ0) is 21.3. The van der Waals surface area contributed by atoms with E-state index in [1.54, 1.807) is 13.0 Å². The van der Waals surface area contributed by atoms with E-state index in [1.807, 2.05) is 54.6 Å². The standard InChI is InChI=1S/C23H18F3N3O/c1-15-7-12-19-28-21(23(24,25)26)20(29(19)14-15)22(30)27-13-16-8-10-18(11-9-16)17-5-3-2-4-6-17/h2-12,14H,13H2,1H3,(H,27,30)/p+1. The summed E-state index contributed by atoms with van der Waals surface area (Å²) in [4.78, 5) is 15.0. The van der Waals surface area contributed by atoms with Crippen molar-refractivity contribution in [1.82, 2.24) is 10.3 Å². The molecular formula is C23H19F3N3O+. The number of aromatic nitrogens is 2. The molecule has 4 aromatic rings. The number of pyridine rings is 1. The molecule has 2 heterocycles. The molecule has 0 atom stereocenters. The lowest BCUT2D eigenvalue weighted by molar-refractivity contribution is -0.514. The minimum absolute atomic E-state index is 0.115. The number of nitrogens with zero attached hydrogens (tertiary/aromatic N) is 1. The Kier molecular flexibility index (Phi) is 5.03. The van der Waals surface area contributed by atoms with Crippen molar-refractivity contribution >= 4 is 11.6 Å². The third-order valence-corrected chi connectivity index (χ3v) is 4.84. The molecule has 0 saturated carbocycles. The Balaban J connectivity index is 1.57. The van der Waals surface area contributed by atoms with Crippen LogP contribution >= 0.6 is 0 Å². The van der Waals surface area contributed by atoms with Crippen LogP contribution in [-0.2, 0) is 12.7 Å². The fourth-order valence-corrected chi connectivity index (χ4v) is 3.34. The first-order valence-electron chi connectivity index (χ1n) is 9.36. The van der Waals surface area contributed by atoms with Gasteiger partial charge in [-0.3, -0.25) is 4.79 Å². The van der Waals surface area contributed by atoms with Gasteiger partial charge in [-0.25, -0.2) is 4.98 Å². The lowest BCUT2D eigenvalue weighted by Gasteiger charge is -2.07. The van der Waals surface area contributed by atoms with Crippen LogP contribution in [0.2, 0.25) is 0 Å². The number of fused-ring (bicyclic) bond motifs is 1. The van der Waals surface area contributed by atoms with E-state index in [9.17, 15) is 18.0 Å². The summed E-state index contributed by atoms with van der Waals surface area (Å²) in [5.74, 6) is -0.795. The number of benzene rings is 2. The Bertz CT molecular complexity index is 1200. The molecule has 4 nitrogen and oxygen atoms in total. The third-order valence-electron chi connectivity index (χ3n) is 4.84. The molecular weight excluding hydrogens is 391 g/mol. The first-order valence-corrected chi connectivity index (χ1v) is 9.36. The highest BCUT2D eigenvalue weighted by atomic mass is 19.4. The second kappa shape index (κ2) is 7.67. The predicted octanol–water partition coefficient (Wildman–Crippen LogP) is 4.68. The highest BCUT2D eigenvalue weighted by molar-refractivity contribution is 5.92. The van der Waals surface area contributed by atoms with Gasteiger partial charge in [-0.1, -0.05) is 54.6 Å². The molecule has 2 aromatic carbocycles. The Morgan fingerprint density at radius 2 is 1.63 bits per heavy atom. The van der Waals surface area contributed by atoms with Crippen molar-refractivity contribution in [2.45, 2.75) is 19.6 Å². The average Bonchev–Trinajstić information content (AvgIpc) is 3.12. The smallest absolute Gasteiger partial charge is 0.345 e. The number of imidazole rings is 1. The zero-order valence-corrected chi connectivity index (χ0v) is 16.1. The molecule has 7 heteroatoms. The van der Waals surface area contributed by atoms with Gasteiger partial charge in [0.25, 0.3) is 17.2 Å². The van der Waals surface area contributed by atoms with Crippen LogP contribution in [0.1, 0.15) is 27.3 Å². The second-order valence-electron chi connectivity index (χ2n) is 7.05. The number of H-pyrrole nitrogens is 1. The first-order chi connectivity index (χ1) is 14.3. The molecule has 4 rings (SSSR count). The van der Waals surface area contributed by atoms with Gasteiger partial charge in [-0.2, -0.15) is 17.6 Å². The minimum atomic E-state index is -4.68. The number of halogens is 3. The summed E-state index contributed by atoms with van der Waals surface area (Å²) in [5.41, 5.74) is 2.29. The largest absolute Gasteiger partial charge is 0.458 e. The van der Waals surface area contributed by atoms with Crippen LogP contribution in [-0.4, -0.2) is 10.9 Å². The number of carbonyl (C=O) groups is 1. The van der Waals surface area contributed by atoms with Crippen LogP contribution in [0.5, 0.6) is 0 Å². The topological polar surface area (TPSA) is 49.0 Å². The second-order valence-corrected chi connectivity index (χ2v) is 7.05. The summed E-state index contributed by atoms with van der Waals surface area (Å²) >= 11 is 0. The van der Waals surface area contributed by atoms with Crippen molar-refractivity contribution < 1.29 is 22.4 Å². The minimum Gasteiger partial charge on any atom is -0.345 e. The molecule has 0 bridgehead atoms. The van der Waals surface area contributed by atoms with E-state index in [1.165, 1.54) is 16.7 Å². The molecule has 0 aliphatic heterocycles. The van der Waals surface area contributed by atoms with Gasteiger partial charge < -0.3 is 5.32 Å². The fraction of sp³-hybridized carbons (Fsp3) is 0.130. The maximum Gasteiger partial charge on any atom is 0.458 e. The number of amides is 1. The summed E-state index contributed by atoms with van der Waals surface area (Å²) in [6.45, 7) is 1.87. The van der Waals surface area contributed by atoms with Crippen LogP contribution < -0.4 is 9.72 Å². The molecule has 1 amide bonds. The highest BCUT2D eigenvalue weighted by Crippen LogP contribution is 2.30. The maximum absolute atomic E-state index is 13.5. The van der Waals surface area contributed by atoms with E-state index < -0.39 is 23.5 Å². The van der Waals surface area contributed by atoms with Crippen LogP contribution in [0.15, 0.2) is 72.9 Å². The average molecular weight is 410 g/mol. The van der Waals surface area contributed by atoms with Crippen LogP contribution in [0, 0.1) is 6.92 Å². The Labute approximate surface area is 171 Å². The Morgan fingerprint density at radius 3 is 2.30 bits per heavy atom. The zero-order valence-electron chi connectivity index (χ0n) is 16.1. The predicted molar refractivity (Wildman–Crippen MR) is 107 cm³/mol. The number of hydrogen-bond acceptors (Lipinski definition) is 1. The lowest BCUT2D eigenvalue weighted by Crippen LogP contribution is -2.36. The molecule has 0 fully saturated rings. The van der Waals surface area contributed by atoms with Gasteiger partial charge in [-0.15, -0.1) is 0 Å². The number of rotatable bonds is 4. The number of aromatic amines is 1. The summed E-state index contributed by atoms with van der Waals surface area (Å²) in [6, 6.07) is 20.5. The molecule has 30 heavy (non-hydrogen) atoms. The van der Waals surface area contributed by atoms with Crippen LogP contribution in [0.25, 0.3) is 16.8 Å². The van der Waals surface area contributed by atoms with Gasteiger partial charge >= 0.3 is 6.18 Å². The number of aryl methyl sites for hydroxylation is 1. The number of nitrogens with one attached hydrogen (secondary N) is 2. The van der Waals surface area contributed by atoms with E-state index in [0.717, 1.165) is 22.3 Å². The maximum atomic E-state index is 13.5. The van der Waals surface area contributed by atoms with Gasteiger partial charge in [0.2, 0.25) is 5.69 Å². The molecule has 0 aliphatic rings. The summed E-state index contributed by atoms with van der Waals surface area (Å²) in [6.07, 6.45) is -3.17. The van der Waals surface area contributed by atoms with Crippen molar-refractivity contribution in [3.63, 3.8) is 0 Å². The van der Waals surface area contributed by atoms with E-state index in [2.05, 4.69) is 10.3 Å². The quantitative estimate of drug-likeness (QED) is 0.472. The Morgan fingerprint density at radius 1 is 0.967 bits per heavy atom. The van der Waals surface area contributed by atoms with Gasteiger partial charge in [0.1, 0.15) is 0 Å². The number of hydrogen-bond donors (Lipinski definition) is 2. The lowest BCUT2D eigenvalue weighted by atomic mass is 10.0. The third kappa shape index (κ3) is 3.91. The molecule has 0 radical (unpaired) electrons. The SMILES string of the molecule is Cc1ccc2[nH]c(C(F)(F)F)c(C(=O)NCc3ccc(-c4ccccc4)cc3)[n+]2c1. The van der Waals surface area contributed by atoms with Crippen molar-refractivity contribution in [2.75, 3.05) is 0 Å². The van der Waals surface area contributed by atoms with Crippen LogP contribution in [0.4, 0.5) is 13.2 Å². The molecule has 2 N–H and O–H groups in total. The highest BCUT2D eigenvalue weighted by Gasteiger charge is 2.44.